The molecule has 2 N–H and O–H groups in total. The zero-order valence-corrected chi connectivity index (χ0v) is 10.6. The van der Waals surface area contributed by atoms with Gasteiger partial charge < -0.3 is 10.1 Å². The van der Waals surface area contributed by atoms with Crippen LogP contribution in [0.1, 0.15) is 5.56 Å². The topological polar surface area (TPSA) is 53.1 Å². The molecule has 0 fully saturated rings. The number of hydrogen-bond donors (Lipinski definition) is 2. The Bertz CT molecular complexity index is 792. The molecule has 0 bridgehead atoms. The fraction of sp³-hybridized carbons (Fsp3) is 0.0625. The zero-order chi connectivity index (χ0) is 14.1. The first kappa shape index (κ1) is 12.4. The van der Waals surface area contributed by atoms with E-state index < -0.39 is 5.97 Å². The molecule has 3 nitrogen and oxygen atoms in total. The molecule has 0 aliphatic heterocycles. The van der Waals surface area contributed by atoms with E-state index in [4.69, 9.17) is 5.11 Å². The van der Waals surface area contributed by atoms with Gasteiger partial charge in [-0.15, -0.1) is 0 Å². The van der Waals surface area contributed by atoms with Crippen molar-refractivity contribution in [3.63, 3.8) is 0 Å². The summed E-state index contributed by atoms with van der Waals surface area (Å²) in [5, 5.41) is 9.89. The number of carbonyl (C=O) groups is 1. The van der Waals surface area contributed by atoms with E-state index in [1.165, 1.54) is 6.07 Å². The Morgan fingerprint density at radius 1 is 1.10 bits per heavy atom. The summed E-state index contributed by atoms with van der Waals surface area (Å²) in [5.41, 5.74) is 2.34. The third-order valence-corrected chi connectivity index (χ3v) is 3.28. The van der Waals surface area contributed by atoms with Crippen molar-refractivity contribution in [1.82, 2.24) is 4.98 Å². The van der Waals surface area contributed by atoms with E-state index in [0.29, 0.717) is 16.8 Å². The van der Waals surface area contributed by atoms with Gasteiger partial charge in [0.25, 0.3) is 0 Å². The van der Waals surface area contributed by atoms with Crippen LogP contribution in [0.25, 0.3) is 22.2 Å². The van der Waals surface area contributed by atoms with Crippen molar-refractivity contribution in [1.29, 1.82) is 0 Å². The van der Waals surface area contributed by atoms with E-state index in [1.54, 1.807) is 18.2 Å². The van der Waals surface area contributed by atoms with Gasteiger partial charge in [-0.2, -0.15) is 0 Å². The number of carboxylic acid groups (broad SMARTS) is 1. The van der Waals surface area contributed by atoms with Gasteiger partial charge in [-0.1, -0.05) is 30.3 Å². The maximum absolute atomic E-state index is 14.0. The first-order valence-corrected chi connectivity index (χ1v) is 6.23. The highest BCUT2D eigenvalue weighted by Gasteiger charge is 2.17. The van der Waals surface area contributed by atoms with Crippen molar-refractivity contribution in [3.8, 4) is 11.3 Å². The molecule has 4 heteroatoms. The summed E-state index contributed by atoms with van der Waals surface area (Å²) in [6.45, 7) is 0. The monoisotopic (exact) mass is 269 g/mol. The molecule has 0 radical (unpaired) electrons. The zero-order valence-electron chi connectivity index (χ0n) is 10.6. The normalized spacial score (nSPS) is 10.8. The van der Waals surface area contributed by atoms with Gasteiger partial charge in [0.15, 0.2) is 0 Å². The Labute approximate surface area is 114 Å². The minimum absolute atomic E-state index is 0.145. The number of aliphatic carboxylic acids is 1. The second kappa shape index (κ2) is 4.81. The molecule has 0 saturated heterocycles. The van der Waals surface area contributed by atoms with Crippen molar-refractivity contribution < 1.29 is 14.3 Å². The lowest BCUT2D eigenvalue weighted by atomic mass is 10.0. The first-order valence-electron chi connectivity index (χ1n) is 6.23. The Morgan fingerprint density at radius 2 is 1.80 bits per heavy atom. The van der Waals surface area contributed by atoms with Gasteiger partial charge in [-0.05, 0) is 23.8 Å². The molecule has 3 aromatic rings. The molecule has 0 atom stereocenters. The summed E-state index contributed by atoms with van der Waals surface area (Å²) in [6.07, 6.45) is -0.145. The van der Waals surface area contributed by atoms with E-state index in [-0.39, 0.29) is 12.2 Å². The third-order valence-electron chi connectivity index (χ3n) is 3.28. The summed E-state index contributed by atoms with van der Waals surface area (Å²) in [7, 11) is 0. The maximum atomic E-state index is 14.0. The Hall–Kier alpha value is -2.62. The smallest absolute Gasteiger partial charge is 0.307 e. The molecule has 3 rings (SSSR count). The molecular formula is C16H12FNO2. The predicted octanol–water partition coefficient (Wildman–Crippen LogP) is 3.60. The molecule has 1 heterocycles. The summed E-state index contributed by atoms with van der Waals surface area (Å²) >= 11 is 0. The number of nitrogens with one attached hydrogen (secondary N) is 1. The van der Waals surface area contributed by atoms with E-state index in [1.807, 2.05) is 24.3 Å². The standard InChI is InChI=1S/C16H12FNO2/c17-13-7-3-1-6-11(13)16-12(9-15(19)20)10-5-2-4-8-14(10)18-16/h1-8,18H,9H2,(H,19,20). The number of hydrogen-bond acceptors (Lipinski definition) is 1. The number of aromatic nitrogens is 1. The van der Waals surface area contributed by atoms with Crippen molar-refractivity contribution in [3.05, 3.63) is 59.9 Å². The van der Waals surface area contributed by atoms with Crippen LogP contribution in [-0.4, -0.2) is 16.1 Å². The number of fused-ring (bicyclic) bond motifs is 1. The van der Waals surface area contributed by atoms with Crippen LogP contribution < -0.4 is 0 Å². The van der Waals surface area contributed by atoms with Crippen LogP contribution in [0.15, 0.2) is 48.5 Å². The number of benzene rings is 2. The predicted molar refractivity (Wildman–Crippen MR) is 75.0 cm³/mol. The van der Waals surface area contributed by atoms with Crippen molar-refractivity contribution in [2.75, 3.05) is 0 Å². The molecule has 0 aliphatic rings. The molecule has 0 aliphatic carbocycles. The van der Waals surface area contributed by atoms with Gasteiger partial charge in [-0.25, -0.2) is 4.39 Å². The average molecular weight is 269 g/mol. The van der Waals surface area contributed by atoms with Crippen LogP contribution in [0.4, 0.5) is 4.39 Å². The fourth-order valence-electron chi connectivity index (χ4n) is 2.43. The van der Waals surface area contributed by atoms with Gasteiger partial charge >= 0.3 is 5.97 Å². The van der Waals surface area contributed by atoms with Crippen molar-refractivity contribution in [2.45, 2.75) is 6.42 Å². The van der Waals surface area contributed by atoms with Gasteiger partial charge in [0.05, 0.1) is 12.1 Å². The van der Waals surface area contributed by atoms with Crippen molar-refractivity contribution in [2.24, 2.45) is 0 Å². The second-order valence-electron chi connectivity index (χ2n) is 4.57. The summed E-state index contributed by atoms with van der Waals surface area (Å²) in [4.78, 5) is 14.2. The number of halogens is 1. The molecule has 100 valence electrons. The summed E-state index contributed by atoms with van der Waals surface area (Å²) in [5.74, 6) is -1.31. The number of aromatic amines is 1. The van der Waals surface area contributed by atoms with E-state index >= 15 is 0 Å². The van der Waals surface area contributed by atoms with Gasteiger partial charge in [0, 0.05) is 16.5 Å². The lowest BCUT2D eigenvalue weighted by molar-refractivity contribution is -0.136. The van der Waals surface area contributed by atoms with Crippen LogP contribution in [0.2, 0.25) is 0 Å². The molecule has 0 saturated carbocycles. The third kappa shape index (κ3) is 2.05. The number of para-hydroxylation sites is 1. The Kier molecular flexibility index (Phi) is 2.99. The fourth-order valence-corrected chi connectivity index (χ4v) is 2.43. The molecule has 2 aromatic carbocycles. The lowest BCUT2D eigenvalue weighted by Crippen LogP contribution is -2.01. The Balaban J connectivity index is 2.29. The minimum Gasteiger partial charge on any atom is -0.481 e. The molecule has 0 amide bonds. The summed E-state index contributed by atoms with van der Waals surface area (Å²) < 4.78 is 14.0. The highest BCUT2D eigenvalue weighted by Crippen LogP contribution is 2.32. The van der Waals surface area contributed by atoms with E-state index in [2.05, 4.69) is 4.98 Å². The largest absolute Gasteiger partial charge is 0.481 e. The second-order valence-corrected chi connectivity index (χ2v) is 4.57. The van der Waals surface area contributed by atoms with Gasteiger partial charge in [0.2, 0.25) is 0 Å². The van der Waals surface area contributed by atoms with Gasteiger partial charge in [-0.3, -0.25) is 4.79 Å². The number of carboxylic acids is 1. The van der Waals surface area contributed by atoms with Crippen LogP contribution in [0, 0.1) is 5.82 Å². The SMILES string of the molecule is O=C(O)Cc1c(-c2ccccc2F)[nH]c2ccccc12. The van der Waals surface area contributed by atoms with E-state index in [9.17, 15) is 9.18 Å². The molecular weight excluding hydrogens is 257 g/mol. The van der Waals surface area contributed by atoms with Crippen LogP contribution >= 0.6 is 0 Å². The first-order chi connectivity index (χ1) is 9.66. The van der Waals surface area contributed by atoms with Crippen LogP contribution in [0.5, 0.6) is 0 Å². The molecule has 0 spiro atoms. The highest BCUT2D eigenvalue weighted by molar-refractivity contribution is 5.93. The van der Waals surface area contributed by atoms with Crippen molar-refractivity contribution >= 4 is 16.9 Å². The number of rotatable bonds is 3. The highest BCUT2D eigenvalue weighted by atomic mass is 19.1. The lowest BCUT2D eigenvalue weighted by Gasteiger charge is -2.04. The molecule has 1 aromatic heterocycles. The molecule has 0 unspecified atom stereocenters. The quantitative estimate of drug-likeness (QED) is 0.763. The van der Waals surface area contributed by atoms with Crippen LogP contribution in [0.3, 0.4) is 0 Å². The van der Waals surface area contributed by atoms with Crippen LogP contribution in [-0.2, 0) is 11.2 Å². The minimum atomic E-state index is -0.938. The number of H-pyrrole nitrogens is 1. The average Bonchev–Trinajstić information content (AvgIpc) is 2.78. The van der Waals surface area contributed by atoms with E-state index in [0.717, 1.165) is 10.9 Å². The molecule has 20 heavy (non-hydrogen) atoms. The Morgan fingerprint density at radius 3 is 2.55 bits per heavy atom. The maximum Gasteiger partial charge on any atom is 0.307 e. The van der Waals surface area contributed by atoms with Gasteiger partial charge in [0.1, 0.15) is 5.82 Å². The summed E-state index contributed by atoms with van der Waals surface area (Å²) in [6, 6.07) is 13.7.